The lowest BCUT2D eigenvalue weighted by Crippen LogP contribution is -2.54. The van der Waals surface area contributed by atoms with Crippen LogP contribution in [-0.4, -0.2) is 58.8 Å². The molecule has 0 bridgehead atoms. The Morgan fingerprint density at radius 3 is 2.47 bits per heavy atom. The van der Waals surface area contributed by atoms with Gasteiger partial charge in [0.15, 0.2) is 0 Å². The number of rotatable bonds is 9. The van der Waals surface area contributed by atoms with Crippen LogP contribution in [0.2, 0.25) is 0 Å². The molecule has 0 atom stereocenters. The van der Waals surface area contributed by atoms with Gasteiger partial charge in [0.25, 0.3) is 0 Å². The van der Waals surface area contributed by atoms with Gasteiger partial charge in [0.05, 0.1) is 69.6 Å². The molecule has 0 saturated carbocycles. The zero-order chi connectivity index (χ0) is 22.5. The monoisotopic (exact) mass is 435 g/mol. The van der Waals surface area contributed by atoms with Crippen molar-refractivity contribution in [3.63, 3.8) is 0 Å². The van der Waals surface area contributed by atoms with Crippen molar-refractivity contribution in [1.29, 1.82) is 0 Å². The van der Waals surface area contributed by atoms with Crippen LogP contribution in [0.1, 0.15) is 0 Å². The highest BCUT2D eigenvalue weighted by Crippen LogP contribution is 2.33. The quantitative estimate of drug-likeness (QED) is 0.413. The molecule has 2 aromatic carbocycles. The summed E-state index contributed by atoms with van der Waals surface area (Å²) in [5.41, 5.74) is 9.11. The minimum Gasteiger partial charge on any atom is -0.497 e. The van der Waals surface area contributed by atoms with Gasteiger partial charge in [0, 0.05) is 41.3 Å². The van der Waals surface area contributed by atoms with Crippen LogP contribution in [0.5, 0.6) is 11.5 Å². The normalized spacial score (nSPS) is 11.0. The number of hydrogen-bond acceptors (Lipinski definition) is 7. The molecule has 0 aliphatic carbocycles. The Kier molecular flexibility index (Phi) is 6.48. The van der Waals surface area contributed by atoms with Crippen LogP contribution in [0, 0.1) is 0 Å². The molecule has 0 spiro atoms. The smallest absolute Gasteiger partial charge is 0.124 e. The summed E-state index contributed by atoms with van der Waals surface area (Å²) >= 11 is 0. The molecule has 4 N–H and O–H groups in total. The molecule has 0 aliphatic heterocycles. The van der Waals surface area contributed by atoms with Crippen molar-refractivity contribution in [1.82, 2.24) is 19.7 Å². The second-order valence-corrected chi connectivity index (χ2v) is 7.22. The topological polar surface area (TPSA) is 113 Å². The van der Waals surface area contributed by atoms with E-state index in [1.807, 2.05) is 42.6 Å². The van der Waals surface area contributed by atoms with Gasteiger partial charge in [0.1, 0.15) is 11.5 Å². The lowest BCUT2D eigenvalue weighted by molar-refractivity contribution is -0.363. The van der Waals surface area contributed by atoms with Gasteiger partial charge in [-0.25, -0.2) is 4.98 Å². The fourth-order valence-corrected chi connectivity index (χ4v) is 3.54. The van der Waals surface area contributed by atoms with Crippen LogP contribution in [0.3, 0.4) is 0 Å². The summed E-state index contributed by atoms with van der Waals surface area (Å²) in [6, 6.07) is 11.8. The largest absolute Gasteiger partial charge is 0.497 e. The fraction of sp³-hybridized carbons (Fsp3) is 0.261. The number of nitrogens with zero attached hydrogens (tertiary/aromatic N) is 5. The van der Waals surface area contributed by atoms with E-state index in [4.69, 9.17) is 19.6 Å². The number of ether oxygens (including phenoxy) is 2. The first-order valence-electron chi connectivity index (χ1n) is 10.4. The minimum atomic E-state index is 0.0328. The van der Waals surface area contributed by atoms with Gasteiger partial charge in [-0.3, -0.25) is 9.67 Å². The maximum atomic E-state index is 9.11. The Labute approximate surface area is 186 Å². The summed E-state index contributed by atoms with van der Waals surface area (Å²) < 4.78 is 12.6. The van der Waals surface area contributed by atoms with Crippen LogP contribution in [-0.2, 0) is 6.54 Å². The number of quaternary nitrogens is 1. The molecule has 9 heteroatoms. The van der Waals surface area contributed by atoms with E-state index in [0.29, 0.717) is 19.6 Å². The third kappa shape index (κ3) is 4.48. The number of anilines is 2. The number of aromatic nitrogens is 4. The Bertz CT molecular complexity index is 1190. The molecule has 0 radical (unpaired) electrons. The van der Waals surface area contributed by atoms with E-state index < -0.39 is 0 Å². The molecule has 0 unspecified atom stereocenters. The van der Waals surface area contributed by atoms with Crippen LogP contribution in [0.4, 0.5) is 11.4 Å². The molecule has 9 nitrogen and oxygen atoms in total. The maximum Gasteiger partial charge on any atom is 0.124 e. The summed E-state index contributed by atoms with van der Waals surface area (Å²) in [7, 11) is 3.28. The van der Waals surface area contributed by atoms with Crippen LogP contribution < -0.4 is 20.1 Å². The highest BCUT2D eigenvalue weighted by Gasteiger charge is 2.14. The molecular weight excluding hydrogens is 408 g/mol. The van der Waals surface area contributed by atoms with Crippen LogP contribution in [0.25, 0.3) is 22.3 Å². The summed E-state index contributed by atoms with van der Waals surface area (Å²) in [5.74, 6) is 1.44. The van der Waals surface area contributed by atoms with Crippen molar-refractivity contribution >= 4 is 22.4 Å². The van der Waals surface area contributed by atoms with Crippen molar-refractivity contribution in [3.8, 4) is 22.8 Å². The minimum absolute atomic E-state index is 0.0328. The molecule has 0 amide bonds. The SMILES string of the molecule is COc1cc(OC)cc(N(CC[NH3+])c2ccc3ncc(-c4cnn(CCO)c4)nc3c2)c1. The predicted octanol–water partition coefficient (Wildman–Crippen LogP) is 1.88. The lowest BCUT2D eigenvalue weighted by atomic mass is 10.2. The second kappa shape index (κ2) is 9.63. The number of benzene rings is 2. The Morgan fingerprint density at radius 2 is 1.78 bits per heavy atom. The molecular formula is C23H27N6O3+. The molecule has 0 fully saturated rings. The fourth-order valence-electron chi connectivity index (χ4n) is 3.54. The number of methoxy groups -OCH3 is 2. The van der Waals surface area contributed by atoms with Crippen molar-refractivity contribution in [2.24, 2.45) is 0 Å². The molecule has 166 valence electrons. The van der Waals surface area contributed by atoms with E-state index in [0.717, 1.165) is 45.2 Å². The molecule has 32 heavy (non-hydrogen) atoms. The highest BCUT2D eigenvalue weighted by molar-refractivity contribution is 5.82. The number of hydrogen-bond donors (Lipinski definition) is 2. The molecule has 0 saturated heterocycles. The molecule has 0 aliphatic rings. The van der Waals surface area contributed by atoms with Gasteiger partial charge < -0.3 is 25.2 Å². The van der Waals surface area contributed by atoms with Gasteiger partial charge >= 0.3 is 0 Å². The van der Waals surface area contributed by atoms with E-state index in [1.54, 1.807) is 31.3 Å². The number of fused-ring (bicyclic) bond motifs is 1. The van der Waals surface area contributed by atoms with Crippen molar-refractivity contribution < 1.29 is 20.3 Å². The standard InChI is InChI=1S/C23H26N6O3/c1-31-19-9-18(10-20(12-19)32-2)29(6-5-24)17-3-4-21-22(11-17)27-23(14-25-21)16-13-26-28(15-16)7-8-30/h3-4,9-15,30H,5-8,24H2,1-2H3/p+1. The average molecular weight is 436 g/mol. The van der Waals surface area contributed by atoms with Crippen molar-refractivity contribution in [2.75, 3.05) is 38.8 Å². The third-order valence-electron chi connectivity index (χ3n) is 5.13. The van der Waals surface area contributed by atoms with Gasteiger partial charge in [-0.1, -0.05) is 0 Å². The Balaban J connectivity index is 1.74. The molecule has 4 rings (SSSR count). The average Bonchev–Trinajstić information content (AvgIpc) is 3.30. The van der Waals surface area contributed by atoms with Gasteiger partial charge in [-0.05, 0) is 18.2 Å². The van der Waals surface area contributed by atoms with Gasteiger partial charge in [-0.2, -0.15) is 5.10 Å². The van der Waals surface area contributed by atoms with E-state index in [9.17, 15) is 0 Å². The first kappa shape index (κ1) is 21.5. The first-order valence-corrected chi connectivity index (χ1v) is 10.4. The third-order valence-corrected chi connectivity index (χ3v) is 5.13. The van der Waals surface area contributed by atoms with Crippen molar-refractivity contribution in [3.05, 3.63) is 55.0 Å². The van der Waals surface area contributed by atoms with Gasteiger partial charge in [0.2, 0.25) is 0 Å². The Hall–Kier alpha value is -3.69. The number of aliphatic hydroxyl groups is 1. The summed E-state index contributed by atoms with van der Waals surface area (Å²) in [4.78, 5) is 11.5. The van der Waals surface area contributed by atoms with E-state index in [-0.39, 0.29) is 6.61 Å². The van der Waals surface area contributed by atoms with Crippen molar-refractivity contribution in [2.45, 2.75) is 6.54 Å². The molecule has 2 aromatic heterocycles. The van der Waals surface area contributed by atoms with E-state index >= 15 is 0 Å². The van der Waals surface area contributed by atoms with Crippen LogP contribution in [0.15, 0.2) is 55.0 Å². The molecule has 2 heterocycles. The predicted molar refractivity (Wildman–Crippen MR) is 122 cm³/mol. The molecule has 4 aromatic rings. The second-order valence-electron chi connectivity index (χ2n) is 7.22. The summed E-state index contributed by atoms with van der Waals surface area (Å²) in [5, 5.41) is 13.4. The van der Waals surface area contributed by atoms with E-state index in [1.165, 1.54) is 0 Å². The first-order chi connectivity index (χ1) is 15.6. The van der Waals surface area contributed by atoms with E-state index in [2.05, 4.69) is 20.7 Å². The lowest BCUT2D eigenvalue weighted by Gasteiger charge is -2.25. The summed E-state index contributed by atoms with van der Waals surface area (Å²) in [6.07, 6.45) is 5.32. The number of aliphatic hydroxyl groups excluding tert-OH is 1. The summed E-state index contributed by atoms with van der Waals surface area (Å²) in [6.45, 7) is 1.90. The van der Waals surface area contributed by atoms with Gasteiger partial charge in [-0.15, -0.1) is 0 Å². The zero-order valence-corrected chi connectivity index (χ0v) is 18.2. The van der Waals surface area contributed by atoms with Crippen LogP contribution >= 0.6 is 0 Å². The Morgan fingerprint density at radius 1 is 1.00 bits per heavy atom. The maximum absolute atomic E-state index is 9.11. The highest BCUT2D eigenvalue weighted by atomic mass is 16.5. The zero-order valence-electron chi connectivity index (χ0n) is 18.2.